The van der Waals surface area contributed by atoms with E-state index in [9.17, 15) is 0 Å². The summed E-state index contributed by atoms with van der Waals surface area (Å²) in [6.07, 6.45) is 5.13. The van der Waals surface area contributed by atoms with Gasteiger partial charge in [-0.15, -0.1) is 0 Å². The molecule has 1 saturated carbocycles. The lowest BCUT2D eigenvalue weighted by molar-refractivity contribution is 0.0836. The third kappa shape index (κ3) is 3.80. The van der Waals surface area contributed by atoms with E-state index in [1.807, 2.05) is 18.8 Å². The van der Waals surface area contributed by atoms with Crippen LogP contribution in [-0.4, -0.2) is 29.5 Å². The van der Waals surface area contributed by atoms with Gasteiger partial charge in [0.2, 0.25) is 0 Å². The Morgan fingerprint density at radius 3 is 2.68 bits per heavy atom. The average molecular weight is 265 g/mol. The maximum absolute atomic E-state index is 5.53. The Bertz CT molecular complexity index is 416. The first-order chi connectivity index (χ1) is 8.91. The van der Waals surface area contributed by atoms with Crippen molar-refractivity contribution in [2.75, 3.05) is 13.7 Å². The summed E-state index contributed by atoms with van der Waals surface area (Å²) < 4.78 is 7.44. The number of methoxy groups -OCH3 is 1. The Morgan fingerprint density at radius 1 is 1.47 bits per heavy atom. The molecule has 1 aromatic heterocycles. The van der Waals surface area contributed by atoms with Crippen molar-refractivity contribution >= 4 is 0 Å². The van der Waals surface area contributed by atoms with Crippen LogP contribution in [0.4, 0.5) is 0 Å². The van der Waals surface area contributed by atoms with Gasteiger partial charge in [0, 0.05) is 44.4 Å². The van der Waals surface area contributed by atoms with Crippen LogP contribution in [0, 0.1) is 5.92 Å². The zero-order valence-corrected chi connectivity index (χ0v) is 12.9. The number of nitrogens with zero attached hydrogens (tertiary/aromatic N) is 2. The van der Waals surface area contributed by atoms with Crippen molar-refractivity contribution in [2.45, 2.75) is 51.7 Å². The lowest BCUT2D eigenvalue weighted by Gasteiger charge is -2.19. The van der Waals surface area contributed by atoms with Crippen LogP contribution in [0.1, 0.15) is 44.9 Å². The summed E-state index contributed by atoms with van der Waals surface area (Å²) >= 11 is 0. The van der Waals surface area contributed by atoms with Crippen LogP contribution < -0.4 is 5.32 Å². The topological polar surface area (TPSA) is 39.1 Å². The second-order valence-corrected chi connectivity index (χ2v) is 6.67. The van der Waals surface area contributed by atoms with Crippen LogP contribution in [0.3, 0.4) is 0 Å². The number of hydrogen-bond donors (Lipinski definition) is 1. The number of rotatable bonds is 6. The van der Waals surface area contributed by atoms with Gasteiger partial charge < -0.3 is 10.1 Å². The standard InChI is InChI=1S/C15H27N3O/c1-15(2,3)14-12(10-18(4)17-14)8-16-9-13(19-5)11-6-7-11/h10-11,13,16H,6-9H2,1-5H3. The maximum Gasteiger partial charge on any atom is 0.0723 e. The van der Waals surface area contributed by atoms with E-state index in [0.29, 0.717) is 6.10 Å². The molecule has 1 unspecified atom stereocenters. The van der Waals surface area contributed by atoms with Gasteiger partial charge in [-0.25, -0.2) is 0 Å². The van der Waals surface area contributed by atoms with Gasteiger partial charge >= 0.3 is 0 Å². The van der Waals surface area contributed by atoms with Crippen molar-refractivity contribution in [1.82, 2.24) is 15.1 Å². The molecular formula is C15H27N3O. The SMILES string of the molecule is COC(CNCc1cn(C)nc1C(C)(C)C)C1CC1. The van der Waals surface area contributed by atoms with Crippen molar-refractivity contribution in [3.05, 3.63) is 17.5 Å². The quantitative estimate of drug-likeness (QED) is 0.857. The Balaban J connectivity index is 1.92. The Hall–Kier alpha value is -0.870. The van der Waals surface area contributed by atoms with Gasteiger partial charge in [0.1, 0.15) is 0 Å². The normalized spacial score (nSPS) is 17.7. The zero-order chi connectivity index (χ0) is 14.0. The second-order valence-electron chi connectivity index (χ2n) is 6.67. The van der Waals surface area contributed by atoms with E-state index >= 15 is 0 Å². The first-order valence-corrected chi connectivity index (χ1v) is 7.18. The predicted octanol–water partition coefficient (Wildman–Crippen LogP) is 2.23. The van der Waals surface area contributed by atoms with Gasteiger partial charge in [0.15, 0.2) is 0 Å². The molecule has 1 heterocycles. The summed E-state index contributed by atoms with van der Waals surface area (Å²) in [6.45, 7) is 8.43. The van der Waals surface area contributed by atoms with Crippen LogP contribution in [0.15, 0.2) is 6.20 Å². The Kier molecular flexibility index (Phi) is 4.31. The first kappa shape index (κ1) is 14.5. The molecule has 0 spiro atoms. The minimum absolute atomic E-state index is 0.0927. The van der Waals surface area contributed by atoms with Gasteiger partial charge in [-0.2, -0.15) is 5.10 Å². The van der Waals surface area contributed by atoms with Crippen molar-refractivity contribution in [3.63, 3.8) is 0 Å². The molecule has 2 rings (SSSR count). The monoisotopic (exact) mass is 265 g/mol. The molecule has 0 saturated heterocycles. The van der Waals surface area contributed by atoms with Gasteiger partial charge in [-0.05, 0) is 18.8 Å². The van der Waals surface area contributed by atoms with E-state index in [0.717, 1.165) is 19.0 Å². The number of hydrogen-bond acceptors (Lipinski definition) is 3. The molecule has 1 aliphatic carbocycles. The van der Waals surface area contributed by atoms with Gasteiger partial charge in [-0.1, -0.05) is 20.8 Å². The molecule has 0 radical (unpaired) electrons. The molecule has 0 aliphatic heterocycles. The minimum atomic E-state index is 0.0927. The third-order valence-corrected chi connectivity index (χ3v) is 3.73. The fourth-order valence-corrected chi connectivity index (χ4v) is 2.56. The Labute approximate surface area is 116 Å². The third-order valence-electron chi connectivity index (χ3n) is 3.73. The molecule has 4 heteroatoms. The summed E-state index contributed by atoms with van der Waals surface area (Å²) in [5, 5.41) is 8.11. The maximum atomic E-state index is 5.53. The first-order valence-electron chi connectivity index (χ1n) is 7.18. The second kappa shape index (κ2) is 5.63. The van der Waals surface area contributed by atoms with Crippen LogP contribution in [-0.2, 0) is 23.7 Å². The van der Waals surface area contributed by atoms with Crippen molar-refractivity contribution in [2.24, 2.45) is 13.0 Å². The van der Waals surface area contributed by atoms with Crippen molar-refractivity contribution in [3.8, 4) is 0 Å². The van der Waals surface area contributed by atoms with Crippen LogP contribution >= 0.6 is 0 Å². The average Bonchev–Trinajstić information content (AvgIpc) is 3.07. The highest BCUT2D eigenvalue weighted by Crippen LogP contribution is 2.33. The van der Waals surface area contributed by atoms with Crippen LogP contribution in [0.2, 0.25) is 0 Å². The summed E-state index contributed by atoms with van der Waals surface area (Å²) in [5.41, 5.74) is 2.57. The van der Waals surface area contributed by atoms with E-state index < -0.39 is 0 Å². The minimum Gasteiger partial charge on any atom is -0.380 e. The molecular weight excluding hydrogens is 238 g/mol. The smallest absolute Gasteiger partial charge is 0.0723 e. The number of aromatic nitrogens is 2. The highest BCUT2D eigenvalue weighted by atomic mass is 16.5. The number of ether oxygens (including phenoxy) is 1. The molecule has 0 amide bonds. The van der Waals surface area contributed by atoms with E-state index in [1.165, 1.54) is 24.1 Å². The number of aryl methyl sites for hydroxylation is 1. The molecule has 1 aromatic rings. The summed E-state index contributed by atoms with van der Waals surface area (Å²) in [4.78, 5) is 0. The molecule has 0 aromatic carbocycles. The lowest BCUT2D eigenvalue weighted by Crippen LogP contribution is -2.30. The van der Waals surface area contributed by atoms with Gasteiger partial charge in [0.25, 0.3) is 0 Å². The van der Waals surface area contributed by atoms with Crippen LogP contribution in [0.5, 0.6) is 0 Å². The molecule has 0 bridgehead atoms. The van der Waals surface area contributed by atoms with Gasteiger partial charge in [-0.3, -0.25) is 4.68 Å². The summed E-state index contributed by atoms with van der Waals surface area (Å²) in [6, 6.07) is 0. The molecule has 1 aliphatic rings. The molecule has 1 atom stereocenters. The fraction of sp³-hybridized carbons (Fsp3) is 0.800. The van der Waals surface area contributed by atoms with E-state index in [-0.39, 0.29) is 5.41 Å². The van der Waals surface area contributed by atoms with Crippen molar-refractivity contribution < 1.29 is 4.74 Å². The van der Waals surface area contributed by atoms with E-state index in [4.69, 9.17) is 4.74 Å². The van der Waals surface area contributed by atoms with E-state index in [1.54, 1.807) is 0 Å². The van der Waals surface area contributed by atoms with Crippen LogP contribution in [0.25, 0.3) is 0 Å². The van der Waals surface area contributed by atoms with Gasteiger partial charge in [0.05, 0.1) is 11.8 Å². The summed E-state index contributed by atoms with van der Waals surface area (Å²) in [7, 11) is 3.80. The lowest BCUT2D eigenvalue weighted by atomic mass is 9.89. The predicted molar refractivity (Wildman–Crippen MR) is 77.1 cm³/mol. The molecule has 108 valence electrons. The fourth-order valence-electron chi connectivity index (χ4n) is 2.56. The van der Waals surface area contributed by atoms with Crippen molar-refractivity contribution in [1.29, 1.82) is 0 Å². The number of nitrogens with one attached hydrogen (secondary N) is 1. The highest BCUT2D eigenvalue weighted by Gasteiger charge is 2.31. The molecule has 4 nitrogen and oxygen atoms in total. The molecule has 19 heavy (non-hydrogen) atoms. The largest absolute Gasteiger partial charge is 0.380 e. The highest BCUT2D eigenvalue weighted by molar-refractivity contribution is 5.23. The zero-order valence-electron chi connectivity index (χ0n) is 12.9. The summed E-state index contributed by atoms with van der Waals surface area (Å²) in [5.74, 6) is 0.772. The van der Waals surface area contributed by atoms with E-state index in [2.05, 4.69) is 37.4 Å². The Morgan fingerprint density at radius 2 is 2.16 bits per heavy atom. The molecule has 1 N–H and O–H groups in total. The molecule has 1 fully saturated rings.